The summed E-state index contributed by atoms with van der Waals surface area (Å²) in [5.74, 6) is -0.118. The molecule has 96 valence electrons. The maximum atomic E-state index is 11.1. The molecule has 0 heterocycles. The fourth-order valence-corrected chi connectivity index (χ4v) is 1.66. The lowest BCUT2D eigenvalue weighted by Crippen LogP contribution is -2.05. The molecule has 4 heteroatoms. The van der Waals surface area contributed by atoms with Crippen molar-refractivity contribution in [3.8, 4) is 0 Å². The van der Waals surface area contributed by atoms with Gasteiger partial charge in [-0.05, 0) is 30.9 Å². The van der Waals surface area contributed by atoms with Gasteiger partial charge in [0.1, 0.15) is 0 Å². The van der Waals surface area contributed by atoms with E-state index in [0.29, 0.717) is 19.6 Å². The highest BCUT2D eigenvalue weighted by Crippen LogP contribution is 2.11. The Morgan fingerprint density at radius 1 is 1.29 bits per heavy atom. The molecule has 1 aromatic rings. The largest absolute Gasteiger partial charge is 0.466 e. The van der Waals surface area contributed by atoms with Crippen LogP contribution in [-0.2, 0) is 22.5 Å². The monoisotopic (exact) mass is 257 g/mol. The second-order valence-electron chi connectivity index (χ2n) is 3.63. The summed E-state index contributed by atoms with van der Waals surface area (Å²) in [7, 11) is 0. The van der Waals surface area contributed by atoms with Gasteiger partial charge in [-0.2, -0.15) is 0 Å². The molecular formula is C13H20ClNO2. The number of esters is 1. The van der Waals surface area contributed by atoms with Gasteiger partial charge in [-0.1, -0.05) is 24.3 Å². The van der Waals surface area contributed by atoms with E-state index in [0.717, 1.165) is 18.4 Å². The minimum absolute atomic E-state index is 0. The van der Waals surface area contributed by atoms with Gasteiger partial charge in [0.05, 0.1) is 6.61 Å². The van der Waals surface area contributed by atoms with Gasteiger partial charge in [-0.15, -0.1) is 12.4 Å². The maximum Gasteiger partial charge on any atom is 0.305 e. The van der Waals surface area contributed by atoms with Crippen LogP contribution in [0.4, 0.5) is 0 Å². The lowest BCUT2D eigenvalue weighted by atomic mass is 10.0. The summed E-state index contributed by atoms with van der Waals surface area (Å²) >= 11 is 0. The van der Waals surface area contributed by atoms with E-state index in [1.54, 1.807) is 0 Å². The zero-order valence-electron chi connectivity index (χ0n) is 10.1. The number of hydrogen-bond acceptors (Lipinski definition) is 3. The lowest BCUT2D eigenvalue weighted by Gasteiger charge is -2.07. The summed E-state index contributed by atoms with van der Waals surface area (Å²) in [4.78, 5) is 11.1. The number of aryl methyl sites for hydroxylation is 1. The first-order chi connectivity index (χ1) is 7.77. The second kappa shape index (κ2) is 9.02. The van der Waals surface area contributed by atoms with Gasteiger partial charge < -0.3 is 10.5 Å². The van der Waals surface area contributed by atoms with Crippen LogP contribution < -0.4 is 5.73 Å². The summed E-state index contributed by atoms with van der Waals surface area (Å²) in [5.41, 5.74) is 8.03. The van der Waals surface area contributed by atoms with Crippen molar-refractivity contribution < 1.29 is 9.53 Å². The second-order valence-corrected chi connectivity index (χ2v) is 3.63. The summed E-state index contributed by atoms with van der Waals surface area (Å²) in [6.07, 6.45) is 2.18. The average molecular weight is 258 g/mol. The Balaban J connectivity index is 0.00000256. The van der Waals surface area contributed by atoms with Crippen LogP contribution in [0.2, 0.25) is 0 Å². The molecule has 17 heavy (non-hydrogen) atoms. The van der Waals surface area contributed by atoms with Crippen molar-refractivity contribution >= 4 is 18.4 Å². The van der Waals surface area contributed by atoms with Crippen LogP contribution in [0.3, 0.4) is 0 Å². The predicted molar refractivity (Wildman–Crippen MR) is 71.2 cm³/mol. The number of halogens is 1. The van der Waals surface area contributed by atoms with Crippen molar-refractivity contribution in [2.45, 2.75) is 32.7 Å². The van der Waals surface area contributed by atoms with Crippen LogP contribution in [0.5, 0.6) is 0 Å². The van der Waals surface area contributed by atoms with Crippen molar-refractivity contribution in [3.63, 3.8) is 0 Å². The molecule has 0 fully saturated rings. The standard InChI is InChI=1S/C13H19NO2.ClH/c1-2-16-13(15)9-5-8-11-6-3-4-7-12(11)10-14;/h3-4,6-7H,2,5,8-10,14H2,1H3;1H. The molecule has 1 aromatic carbocycles. The highest BCUT2D eigenvalue weighted by Gasteiger charge is 2.03. The molecule has 0 spiro atoms. The van der Waals surface area contributed by atoms with E-state index < -0.39 is 0 Å². The maximum absolute atomic E-state index is 11.1. The highest BCUT2D eigenvalue weighted by molar-refractivity contribution is 5.85. The fraction of sp³-hybridized carbons (Fsp3) is 0.462. The molecule has 3 nitrogen and oxygen atoms in total. The van der Waals surface area contributed by atoms with Gasteiger partial charge in [0.2, 0.25) is 0 Å². The molecule has 0 aliphatic rings. The first-order valence-electron chi connectivity index (χ1n) is 5.70. The van der Waals surface area contributed by atoms with E-state index >= 15 is 0 Å². The zero-order valence-corrected chi connectivity index (χ0v) is 11.0. The van der Waals surface area contributed by atoms with Crippen molar-refractivity contribution in [3.05, 3.63) is 35.4 Å². The Kier molecular flexibility index (Phi) is 8.46. The Hall–Kier alpha value is -1.06. The smallest absolute Gasteiger partial charge is 0.305 e. The normalized spacial score (nSPS) is 9.53. The number of rotatable bonds is 6. The van der Waals surface area contributed by atoms with Crippen molar-refractivity contribution in [1.29, 1.82) is 0 Å². The van der Waals surface area contributed by atoms with Crippen LogP contribution in [-0.4, -0.2) is 12.6 Å². The van der Waals surface area contributed by atoms with E-state index in [1.165, 1.54) is 5.56 Å². The number of ether oxygens (including phenoxy) is 1. The minimum Gasteiger partial charge on any atom is -0.466 e. The molecule has 2 N–H and O–H groups in total. The zero-order chi connectivity index (χ0) is 11.8. The van der Waals surface area contributed by atoms with Gasteiger partial charge in [-0.3, -0.25) is 4.79 Å². The molecule has 1 rings (SSSR count). The molecule has 0 atom stereocenters. The molecule has 0 aliphatic carbocycles. The van der Waals surface area contributed by atoms with Crippen molar-refractivity contribution in [2.75, 3.05) is 6.61 Å². The van der Waals surface area contributed by atoms with Crippen molar-refractivity contribution in [2.24, 2.45) is 5.73 Å². The Labute approximate surface area is 109 Å². The minimum atomic E-state index is -0.118. The molecular weight excluding hydrogens is 238 g/mol. The molecule has 0 radical (unpaired) electrons. The number of hydrogen-bond donors (Lipinski definition) is 1. The van der Waals surface area contributed by atoms with Gasteiger partial charge in [-0.25, -0.2) is 0 Å². The number of carbonyl (C=O) groups is 1. The third kappa shape index (κ3) is 5.71. The molecule has 0 bridgehead atoms. The summed E-state index contributed by atoms with van der Waals surface area (Å²) in [6.45, 7) is 2.83. The topological polar surface area (TPSA) is 52.3 Å². The first kappa shape index (κ1) is 15.9. The molecule has 0 saturated carbocycles. The number of nitrogens with two attached hydrogens (primary N) is 1. The average Bonchev–Trinajstić information content (AvgIpc) is 2.30. The highest BCUT2D eigenvalue weighted by atomic mass is 35.5. The van der Waals surface area contributed by atoms with Crippen LogP contribution in [0.25, 0.3) is 0 Å². The quantitative estimate of drug-likeness (QED) is 0.797. The molecule has 0 unspecified atom stereocenters. The van der Waals surface area contributed by atoms with Crippen LogP contribution in [0.15, 0.2) is 24.3 Å². The lowest BCUT2D eigenvalue weighted by molar-refractivity contribution is -0.143. The predicted octanol–water partition coefficient (Wildman–Crippen LogP) is 2.45. The fourth-order valence-electron chi connectivity index (χ4n) is 1.66. The van der Waals surface area contributed by atoms with E-state index in [1.807, 2.05) is 25.1 Å². The SMILES string of the molecule is CCOC(=O)CCCc1ccccc1CN.Cl. The van der Waals surface area contributed by atoms with E-state index in [2.05, 4.69) is 6.07 Å². The van der Waals surface area contributed by atoms with Gasteiger partial charge in [0, 0.05) is 13.0 Å². The third-order valence-electron chi connectivity index (χ3n) is 2.47. The summed E-state index contributed by atoms with van der Waals surface area (Å²) < 4.78 is 4.87. The third-order valence-corrected chi connectivity index (χ3v) is 2.47. The Morgan fingerprint density at radius 2 is 1.94 bits per heavy atom. The van der Waals surface area contributed by atoms with Gasteiger partial charge in [0.25, 0.3) is 0 Å². The Morgan fingerprint density at radius 3 is 2.53 bits per heavy atom. The molecule has 0 aromatic heterocycles. The molecule has 0 amide bonds. The molecule has 0 saturated heterocycles. The number of benzene rings is 1. The van der Waals surface area contributed by atoms with E-state index in [4.69, 9.17) is 10.5 Å². The Bertz CT molecular complexity index is 342. The first-order valence-corrected chi connectivity index (χ1v) is 5.70. The van der Waals surface area contributed by atoms with Gasteiger partial charge >= 0.3 is 5.97 Å². The summed E-state index contributed by atoms with van der Waals surface area (Å²) in [5, 5.41) is 0. The van der Waals surface area contributed by atoms with Crippen LogP contribution in [0.1, 0.15) is 30.9 Å². The van der Waals surface area contributed by atoms with Crippen molar-refractivity contribution in [1.82, 2.24) is 0 Å². The number of carbonyl (C=O) groups excluding carboxylic acids is 1. The summed E-state index contributed by atoms with van der Waals surface area (Å²) in [6, 6.07) is 8.07. The van der Waals surface area contributed by atoms with Crippen LogP contribution >= 0.6 is 12.4 Å². The van der Waals surface area contributed by atoms with Gasteiger partial charge in [0.15, 0.2) is 0 Å². The molecule has 0 aliphatic heterocycles. The van der Waals surface area contributed by atoms with E-state index in [9.17, 15) is 4.79 Å². The van der Waals surface area contributed by atoms with Crippen LogP contribution in [0, 0.1) is 0 Å². The van der Waals surface area contributed by atoms with E-state index in [-0.39, 0.29) is 18.4 Å².